The van der Waals surface area contributed by atoms with E-state index in [0.717, 1.165) is 0 Å². The van der Waals surface area contributed by atoms with Crippen molar-refractivity contribution >= 4 is 29.3 Å². The van der Waals surface area contributed by atoms with Crippen LogP contribution in [-0.4, -0.2) is 77.6 Å². The highest BCUT2D eigenvalue weighted by molar-refractivity contribution is 6.35. The standard InChI is InChI=1S/C19H26N4O4/c1-4-21(5-2)17(25)14-8-7-9-15(12-14)20-16(24)13-23-11-10-22(6-3)18(26)19(23)27/h7-9,12H,4-6,10-11,13H2,1-3H3,(H,20,24). The van der Waals surface area contributed by atoms with Crippen molar-refractivity contribution in [2.45, 2.75) is 20.8 Å². The van der Waals surface area contributed by atoms with Crippen molar-refractivity contribution in [3.8, 4) is 0 Å². The molecule has 1 aliphatic rings. The van der Waals surface area contributed by atoms with Gasteiger partial charge in [-0.1, -0.05) is 6.07 Å². The summed E-state index contributed by atoms with van der Waals surface area (Å²) in [6, 6.07) is 6.68. The third kappa shape index (κ3) is 4.84. The van der Waals surface area contributed by atoms with Crippen LogP contribution in [0.25, 0.3) is 0 Å². The third-order valence-corrected chi connectivity index (χ3v) is 4.56. The van der Waals surface area contributed by atoms with Crippen molar-refractivity contribution in [2.24, 2.45) is 0 Å². The second kappa shape index (κ2) is 9.16. The Kier molecular flexibility index (Phi) is 6.92. The SMILES string of the molecule is CCN1CCN(CC(=O)Nc2cccc(C(=O)N(CC)CC)c2)C(=O)C1=O. The van der Waals surface area contributed by atoms with Crippen LogP contribution in [0.3, 0.4) is 0 Å². The van der Waals surface area contributed by atoms with Crippen LogP contribution in [0.15, 0.2) is 24.3 Å². The van der Waals surface area contributed by atoms with Gasteiger partial charge in [-0.3, -0.25) is 19.2 Å². The maximum atomic E-state index is 12.4. The van der Waals surface area contributed by atoms with Gasteiger partial charge in [0.1, 0.15) is 6.54 Å². The number of likely N-dealkylation sites (N-methyl/N-ethyl adjacent to an activating group) is 1. The maximum Gasteiger partial charge on any atom is 0.312 e. The number of piperazine rings is 1. The fourth-order valence-corrected chi connectivity index (χ4v) is 2.96. The molecule has 0 aromatic heterocycles. The molecule has 1 aliphatic heterocycles. The molecule has 0 saturated carbocycles. The Morgan fingerprint density at radius 1 is 1.04 bits per heavy atom. The van der Waals surface area contributed by atoms with Gasteiger partial charge in [0.05, 0.1) is 0 Å². The number of nitrogens with one attached hydrogen (secondary N) is 1. The lowest BCUT2D eigenvalue weighted by Crippen LogP contribution is -2.55. The zero-order chi connectivity index (χ0) is 20.0. The minimum atomic E-state index is -0.663. The van der Waals surface area contributed by atoms with Crippen LogP contribution in [-0.2, 0) is 14.4 Å². The Morgan fingerprint density at radius 2 is 1.67 bits per heavy atom. The molecule has 0 spiro atoms. The minimum Gasteiger partial charge on any atom is -0.339 e. The first-order valence-corrected chi connectivity index (χ1v) is 9.18. The number of nitrogens with zero attached hydrogens (tertiary/aromatic N) is 3. The van der Waals surface area contributed by atoms with Gasteiger partial charge in [0, 0.05) is 44.0 Å². The number of carbonyl (C=O) groups excluding carboxylic acids is 4. The van der Waals surface area contributed by atoms with E-state index in [1.165, 1.54) is 9.80 Å². The molecule has 1 fully saturated rings. The number of anilines is 1. The lowest BCUT2D eigenvalue weighted by molar-refractivity contribution is -0.156. The fraction of sp³-hybridized carbons (Fsp3) is 0.474. The summed E-state index contributed by atoms with van der Waals surface area (Å²) in [5.74, 6) is -1.76. The molecule has 0 atom stereocenters. The summed E-state index contributed by atoms with van der Waals surface area (Å²) in [4.78, 5) is 53.1. The zero-order valence-corrected chi connectivity index (χ0v) is 16.0. The monoisotopic (exact) mass is 374 g/mol. The summed E-state index contributed by atoms with van der Waals surface area (Å²) in [5, 5.41) is 2.69. The van der Waals surface area contributed by atoms with Crippen LogP contribution in [0.5, 0.6) is 0 Å². The number of carbonyl (C=O) groups is 4. The van der Waals surface area contributed by atoms with E-state index >= 15 is 0 Å². The Labute approximate surface area is 159 Å². The number of hydrogen-bond acceptors (Lipinski definition) is 4. The molecule has 1 aromatic rings. The Balaban J connectivity index is 2.00. The predicted octanol–water partition coefficient (Wildman–Crippen LogP) is 0.798. The molecule has 8 nitrogen and oxygen atoms in total. The van der Waals surface area contributed by atoms with E-state index < -0.39 is 17.7 Å². The highest BCUT2D eigenvalue weighted by Gasteiger charge is 2.32. The van der Waals surface area contributed by atoms with Crippen LogP contribution in [0, 0.1) is 0 Å². The van der Waals surface area contributed by atoms with Gasteiger partial charge in [-0.25, -0.2) is 0 Å². The molecule has 27 heavy (non-hydrogen) atoms. The van der Waals surface area contributed by atoms with E-state index in [0.29, 0.717) is 44.0 Å². The third-order valence-electron chi connectivity index (χ3n) is 4.56. The number of hydrogen-bond donors (Lipinski definition) is 1. The highest BCUT2D eigenvalue weighted by Crippen LogP contribution is 2.13. The van der Waals surface area contributed by atoms with Crippen molar-refractivity contribution in [3.05, 3.63) is 29.8 Å². The van der Waals surface area contributed by atoms with Crippen LogP contribution < -0.4 is 5.32 Å². The lowest BCUT2D eigenvalue weighted by atomic mass is 10.1. The van der Waals surface area contributed by atoms with Gasteiger partial charge in [-0.05, 0) is 39.0 Å². The summed E-state index contributed by atoms with van der Waals surface area (Å²) < 4.78 is 0. The molecule has 0 bridgehead atoms. The molecule has 0 radical (unpaired) electrons. The van der Waals surface area contributed by atoms with Crippen molar-refractivity contribution in [1.82, 2.24) is 14.7 Å². The van der Waals surface area contributed by atoms with Crippen LogP contribution in [0.2, 0.25) is 0 Å². The molecule has 1 heterocycles. The molecule has 1 aromatic carbocycles. The molecular formula is C19H26N4O4. The van der Waals surface area contributed by atoms with Crippen molar-refractivity contribution in [1.29, 1.82) is 0 Å². The Bertz CT molecular complexity index is 730. The normalized spacial score (nSPS) is 14.3. The summed E-state index contributed by atoms with van der Waals surface area (Å²) >= 11 is 0. The van der Waals surface area contributed by atoms with Gasteiger partial charge in [0.25, 0.3) is 5.91 Å². The molecule has 0 aliphatic carbocycles. The largest absolute Gasteiger partial charge is 0.339 e. The predicted molar refractivity (Wildman–Crippen MR) is 101 cm³/mol. The Morgan fingerprint density at radius 3 is 2.30 bits per heavy atom. The summed E-state index contributed by atoms with van der Waals surface area (Å²) in [6.45, 7) is 7.84. The molecule has 1 saturated heterocycles. The van der Waals surface area contributed by atoms with Gasteiger partial charge in [-0.2, -0.15) is 0 Å². The smallest absolute Gasteiger partial charge is 0.312 e. The quantitative estimate of drug-likeness (QED) is 0.715. The molecular weight excluding hydrogens is 348 g/mol. The zero-order valence-electron chi connectivity index (χ0n) is 16.0. The first-order valence-electron chi connectivity index (χ1n) is 9.18. The van der Waals surface area contributed by atoms with Gasteiger partial charge < -0.3 is 20.0 Å². The van der Waals surface area contributed by atoms with E-state index in [4.69, 9.17) is 0 Å². The van der Waals surface area contributed by atoms with Gasteiger partial charge in [-0.15, -0.1) is 0 Å². The van der Waals surface area contributed by atoms with E-state index in [2.05, 4.69) is 5.32 Å². The second-order valence-electron chi connectivity index (χ2n) is 6.22. The maximum absolute atomic E-state index is 12.4. The topological polar surface area (TPSA) is 90.0 Å². The van der Waals surface area contributed by atoms with Crippen LogP contribution in [0.1, 0.15) is 31.1 Å². The lowest BCUT2D eigenvalue weighted by Gasteiger charge is -2.32. The molecule has 8 heteroatoms. The van der Waals surface area contributed by atoms with Gasteiger partial charge >= 0.3 is 11.8 Å². The summed E-state index contributed by atoms with van der Waals surface area (Å²) in [7, 11) is 0. The fourth-order valence-electron chi connectivity index (χ4n) is 2.96. The van der Waals surface area contributed by atoms with E-state index in [9.17, 15) is 19.2 Å². The molecule has 4 amide bonds. The van der Waals surface area contributed by atoms with Crippen molar-refractivity contribution in [3.63, 3.8) is 0 Å². The van der Waals surface area contributed by atoms with Gasteiger partial charge in [0.15, 0.2) is 0 Å². The van der Waals surface area contributed by atoms with Crippen LogP contribution in [0.4, 0.5) is 5.69 Å². The average molecular weight is 374 g/mol. The van der Waals surface area contributed by atoms with E-state index in [1.807, 2.05) is 13.8 Å². The second-order valence-corrected chi connectivity index (χ2v) is 6.22. The number of rotatable bonds is 7. The first-order chi connectivity index (χ1) is 12.9. The van der Waals surface area contributed by atoms with Crippen molar-refractivity contribution in [2.75, 3.05) is 44.6 Å². The molecule has 2 rings (SSSR count). The number of benzene rings is 1. The van der Waals surface area contributed by atoms with E-state index in [-0.39, 0.29) is 12.5 Å². The summed E-state index contributed by atoms with van der Waals surface area (Å²) in [5.41, 5.74) is 0.961. The van der Waals surface area contributed by atoms with E-state index in [1.54, 1.807) is 36.1 Å². The summed E-state index contributed by atoms with van der Waals surface area (Å²) in [6.07, 6.45) is 0. The van der Waals surface area contributed by atoms with Crippen LogP contribution >= 0.6 is 0 Å². The minimum absolute atomic E-state index is 0.104. The molecule has 1 N–H and O–H groups in total. The highest BCUT2D eigenvalue weighted by atomic mass is 16.2. The Hall–Kier alpha value is -2.90. The number of amides is 4. The molecule has 146 valence electrons. The molecule has 0 unspecified atom stereocenters. The van der Waals surface area contributed by atoms with Crippen molar-refractivity contribution < 1.29 is 19.2 Å². The average Bonchev–Trinajstić information content (AvgIpc) is 2.66. The van der Waals surface area contributed by atoms with Gasteiger partial charge in [0.2, 0.25) is 5.91 Å². The first kappa shape index (κ1) is 20.4.